The Morgan fingerprint density at radius 3 is 2.37 bits per heavy atom. The molecule has 11 nitrogen and oxygen atoms in total. The van der Waals surface area contributed by atoms with E-state index in [0.29, 0.717) is 28.6 Å². The van der Waals surface area contributed by atoms with Gasteiger partial charge in [0.05, 0.1) is 28.4 Å². The van der Waals surface area contributed by atoms with Gasteiger partial charge in [0, 0.05) is 42.4 Å². The molecular weight excluding hydrogens is 554 g/mol. The van der Waals surface area contributed by atoms with Crippen LogP contribution in [0.2, 0.25) is 0 Å². The Bertz CT molecular complexity index is 1720. The molecule has 5 rings (SSSR count). The van der Waals surface area contributed by atoms with Crippen molar-refractivity contribution >= 4 is 33.1 Å². The highest BCUT2D eigenvalue weighted by molar-refractivity contribution is 7.90. The van der Waals surface area contributed by atoms with E-state index in [1.807, 2.05) is 13.8 Å². The van der Waals surface area contributed by atoms with Gasteiger partial charge >= 0.3 is 0 Å². The van der Waals surface area contributed by atoms with Crippen LogP contribution < -0.4 is 10.2 Å². The molecule has 1 aromatic carbocycles. The molecule has 1 aliphatic rings. The number of sulfone groups is 1. The lowest BCUT2D eigenvalue weighted by molar-refractivity contribution is 0.0577. The number of aromatic nitrogens is 6. The molecule has 1 saturated carbocycles. The van der Waals surface area contributed by atoms with Crippen LogP contribution in [0.25, 0.3) is 11.3 Å². The van der Waals surface area contributed by atoms with Crippen molar-refractivity contribution in [3.8, 4) is 11.3 Å². The first-order chi connectivity index (χ1) is 19.1. The Balaban J connectivity index is 1.70. The fourth-order valence-corrected chi connectivity index (χ4v) is 5.31. The topological polar surface area (TPSA) is 142 Å². The maximum Gasteiger partial charge on any atom is 0.232 e. The van der Waals surface area contributed by atoms with Gasteiger partial charge in [-0.05, 0) is 58.6 Å². The quantitative estimate of drug-likeness (QED) is 0.258. The lowest BCUT2D eigenvalue weighted by Gasteiger charge is -2.22. The SMILES string of the molecule is Cc1cc(Nc2nc(N(C)c3c(F)cc(S(C)(=O)=O)cc3F)nc(-c3cn(CC(C)(C)O)nc3C)c2C2CC2)n[nH]1. The number of aryl methyl sites for hydroxylation is 2. The lowest BCUT2D eigenvalue weighted by atomic mass is 10.0. The summed E-state index contributed by atoms with van der Waals surface area (Å²) in [5, 5.41) is 25.3. The molecule has 1 fully saturated rings. The van der Waals surface area contributed by atoms with Gasteiger partial charge in [-0.2, -0.15) is 15.2 Å². The zero-order chi connectivity index (χ0) is 29.9. The van der Waals surface area contributed by atoms with E-state index in [4.69, 9.17) is 4.98 Å². The van der Waals surface area contributed by atoms with Gasteiger partial charge in [-0.3, -0.25) is 9.78 Å². The van der Waals surface area contributed by atoms with Crippen molar-refractivity contribution < 1.29 is 22.3 Å². The molecular formula is C27H32F2N8O3S. The summed E-state index contributed by atoms with van der Waals surface area (Å²) in [7, 11) is -2.43. The molecule has 4 aromatic rings. The molecule has 0 amide bonds. The summed E-state index contributed by atoms with van der Waals surface area (Å²) >= 11 is 0. The van der Waals surface area contributed by atoms with Crippen molar-refractivity contribution in [3.63, 3.8) is 0 Å². The second kappa shape index (κ2) is 10.2. The number of anilines is 4. The summed E-state index contributed by atoms with van der Waals surface area (Å²) in [5.74, 6) is -1.10. The van der Waals surface area contributed by atoms with Gasteiger partial charge in [0.25, 0.3) is 0 Å². The molecule has 0 spiro atoms. The highest BCUT2D eigenvalue weighted by Crippen LogP contribution is 2.48. The Morgan fingerprint density at radius 2 is 1.83 bits per heavy atom. The van der Waals surface area contributed by atoms with Gasteiger partial charge in [0.2, 0.25) is 5.95 Å². The minimum absolute atomic E-state index is 0.0290. The Labute approximate surface area is 236 Å². The number of halogens is 2. The zero-order valence-electron chi connectivity index (χ0n) is 23.6. The van der Waals surface area contributed by atoms with Gasteiger partial charge in [-0.25, -0.2) is 22.2 Å². The number of aromatic amines is 1. The second-order valence-electron chi connectivity index (χ2n) is 11.2. The maximum atomic E-state index is 15.2. The highest BCUT2D eigenvalue weighted by atomic mass is 32.2. The van der Waals surface area contributed by atoms with Crippen LogP contribution >= 0.6 is 0 Å². The number of nitrogens with one attached hydrogen (secondary N) is 2. The van der Waals surface area contributed by atoms with Crippen molar-refractivity contribution in [2.45, 2.75) is 63.5 Å². The Kier molecular flexibility index (Phi) is 7.10. The summed E-state index contributed by atoms with van der Waals surface area (Å²) in [6.45, 7) is 7.29. The van der Waals surface area contributed by atoms with E-state index in [2.05, 4.69) is 25.6 Å². The predicted molar refractivity (Wildman–Crippen MR) is 150 cm³/mol. The Hall–Kier alpha value is -3.91. The van der Waals surface area contributed by atoms with Crippen LogP contribution in [0.5, 0.6) is 0 Å². The maximum absolute atomic E-state index is 15.2. The van der Waals surface area contributed by atoms with Gasteiger partial charge in [-0.1, -0.05) is 0 Å². The number of rotatable bonds is 9. The second-order valence-corrected chi connectivity index (χ2v) is 13.2. The van der Waals surface area contributed by atoms with Gasteiger partial charge in [0.1, 0.15) is 11.5 Å². The molecule has 3 heterocycles. The van der Waals surface area contributed by atoms with E-state index in [0.717, 1.165) is 47.4 Å². The first-order valence-corrected chi connectivity index (χ1v) is 14.9. The number of benzene rings is 1. The molecule has 3 aromatic heterocycles. The summed E-state index contributed by atoms with van der Waals surface area (Å²) in [6, 6.07) is 3.36. The van der Waals surface area contributed by atoms with Crippen LogP contribution in [-0.2, 0) is 16.4 Å². The number of hydrogen-bond acceptors (Lipinski definition) is 9. The van der Waals surface area contributed by atoms with E-state index in [-0.39, 0.29) is 18.4 Å². The van der Waals surface area contributed by atoms with Crippen LogP contribution in [0.1, 0.15) is 49.6 Å². The van der Waals surface area contributed by atoms with Crippen molar-refractivity contribution in [3.05, 3.63) is 53.0 Å². The molecule has 0 radical (unpaired) electrons. The first kappa shape index (κ1) is 28.6. The van der Waals surface area contributed by atoms with Crippen LogP contribution in [0.4, 0.5) is 32.1 Å². The number of nitrogens with zero attached hydrogens (tertiary/aromatic N) is 6. The van der Waals surface area contributed by atoms with Gasteiger partial charge in [0.15, 0.2) is 27.3 Å². The summed E-state index contributed by atoms with van der Waals surface area (Å²) in [4.78, 5) is 10.1. The largest absolute Gasteiger partial charge is 0.389 e. The van der Waals surface area contributed by atoms with Crippen LogP contribution in [-0.4, -0.2) is 62.4 Å². The average Bonchev–Trinajstić information content (AvgIpc) is 3.50. The summed E-state index contributed by atoms with van der Waals surface area (Å²) in [6.07, 6.45) is 4.49. The van der Waals surface area contributed by atoms with Crippen molar-refractivity contribution in [1.29, 1.82) is 0 Å². The van der Waals surface area contributed by atoms with Crippen molar-refractivity contribution in [2.24, 2.45) is 0 Å². The van der Waals surface area contributed by atoms with Crippen molar-refractivity contribution in [1.82, 2.24) is 29.9 Å². The minimum atomic E-state index is -3.84. The fourth-order valence-electron chi connectivity index (χ4n) is 4.67. The smallest absolute Gasteiger partial charge is 0.232 e. The molecule has 1 aliphatic carbocycles. The first-order valence-electron chi connectivity index (χ1n) is 13.0. The predicted octanol–water partition coefficient (Wildman–Crippen LogP) is 4.52. The van der Waals surface area contributed by atoms with Crippen LogP contribution in [0, 0.1) is 25.5 Å². The van der Waals surface area contributed by atoms with Gasteiger partial charge in [-0.15, -0.1) is 0 Å². The molecule has 41 heavy (non-hydrogen) atoms. The monoisotopic (exact) mass is 586 g/mol. The average molecular weight is 587 g/mol. The molecule has 3 N–H and O–H groups in total. The standard InChI is InChI=1S/C27H32F2N8O3S/c1-14-9-21(34-33-14)30-25-22(16-7-8-16)23(18-12-37(35-15(18)2)13-27(3,4)38)31-26(32-25)36(5)24-19(28)10-17(11-20(24)29)41(6,39)40/h9-12,16,38H,7-8,13H2,1-6H3,(H2,30,31,32,33,34). The molecule has 0 atom stereocenters. The molecule has 218 valence electrons. The highest BCUT2D eigenvalue weighted by Gasteiger charge is 2.34. The molecule has 0 bridgehead atoms. The number of aliphatic hydroxyl groups is 1. The third-order valence-corrected chi connectivity index (χ3v) is 7.77. The molecule has 0 saturated heterocycles. The number of H-pyrrole nitrogens is 1. The van der Waals surface area contributed by atoms with E-state index in [1.54, 1.807) is 30.8 Å². The van der Waals surface area contributed by atoms with Crippen molar-refractivity contribution in [2.75, 3.05) is 23.5 Å². The minimum Gasteiger partial charge on any atom is -0.389 e. The normalized spacial score (nSPS) is 14.0. The lowest BCUT2D eigenvalue weighted by Crippen LogP contribution is -2.26. The van der Waals surface area contributed by atoms with E-state index in [9.17, 15) is 13.5 Å². The third-order valence-electron chi connectivity index (χ3n) is 6.68. The summed E-state index contributed by atoms with van der Waals surface area (Å²) < 4.78 is 55.9. The third kappa shape index (κ3) is 6.07. The van der Waals surface area contributed by atoms with E-state index < -0.39 is 37.7 Å². The molecule has 0 aliphatic heterocycles. The Morgan fingerprint density at radius 1 is 1.17 bits per heavy atom. The summed E-state index contributed by atoms with van der Waals surface area (Å²) in [5.41, 5.74) is 2.01. The molecule has 14 heteroatoms. The van der Waals surface area contributed by atoms with Crippen LogP contribution in [0.15, 0.2) is 29.3 Å². The fraction of sp³-hybridized carbons (Fsp3) is 0.407. The number of hydrogen-bond donors (Lipinski definition) is 3. The van der Waals surface area contributed by atoms with E-state index >= 15 is 8.78 Å². The van der Waals surface area contributed by atoms with Gasteiger partial charge < -0.3 is 15.3 Å². The van der Waals surface area contributed by atoms with E-state index in [1.165, 1.54) is 7.05 Å². The zero-order valence-corrected chi connectivity index (χ0v) is 24.4. The molecule has 0 unspecified atom stereocenters. The van der Waals surface area contributed by atoms with Crippen LogP contribution in [0.3, 0.4) is 0 Å².